The molecule has 2 aromatic carbocycles. The van der Waals surface area contributed by atoms with Gasteiger partial charge in [-0.25, -0.2) is 14.4 Å². The summed E-state index contributed by atoms with van der Waals surface area (Å²) in [5.74, 6) is 1.00. The van der Waals surface area contributed by atoms with Gasteiger partial charge in [-0.05, 0) is 62.8 Å². The predicted octanol–water partition coefficient (Wildman–Crippen LogP) is 6.42. The average Bonchev–Trinajstić information content (AvgIpc) is 2.80. The minimum absolute atomic E-state index is 0.282. The molecule has 0 atom stereocenters. The lowest BCUT2D eigenvalue weighted by atomic mass is 10.1. The molecule has 0 radical (unpaired) electrons. The van der Waals surface area contributed by atoms with E-state index in [1.54, 1.807) is 6.07 Å². The van der Waals surface area contributed by atoms with Crippen LogP contribution in [0.1, 0.15) is 51.1 Å². The number of benzene rings is 2. The second kappa shape index (κ2) is 12.8. The number of hydrogen-bond acceptors (Lipinski definition) is 4. The Morgan fingerprint density at radius 3 is 2.35 bits per heavy atom. The molecule has 0 unspecified atom stereocenters. The van der Waals surface area contributed by atoms with E-state index in [0.717, 1.165) is 43.7 Å². The molecule has 5 heteroatoms. The van der Waals surface area contributed by atoms with Crippen LogP contribution in [0.3, 0.4) is 0 Å². The van der Waals surface area contributed by atoms with Crippen LogP contribution in [0.15, 0.2) is 42.5 Å². The largest absolute Gasteiger partial charge is 0.369 e. The second-order valence-corrected chi connectivity index (χ2v) is 7.14. The van der Waals surface area contributed by atoms with Crippen molar-refractivity contribution in [3.63, 3.8) is 0 Å². The number of nitrogens with one attached hydrogen (secondary N) is 1. The standard InChI is InChI=1S/C24H29FN4.C2H6/c1-4-29(5-2)16-6-15-26-24-21-17-20(25)12-13-22(21)27-23(28-24)14-11-19-9-7-18(3)8-10-19;1-2/h7-14,17H,4-6,15-16H2,1-3H3,(H,26,27,28);1-2H3/b14-11+;. The van der Waals surface area contributed by atoms with Crippen LogP contribution in [0.2, 0.25) is 0 Å². The predicted molar refractivity (Wildman–Crippen MR) is 132 cm³/mol. The lowest BCUT2D eigenvalue weighted by Gasteiger charge is -2.18. The van der Waals surface area contributed by atoms with Crippen LogP contribution in [0.5, 0.6) is 0 Å². The summed E-state index contributed by atoms with van der Waals surface area (Å²) in [6.45, 7) is 14.3. The fraction of sp³-hybridized carbons (Fsp3) is 0.385. The molecule has 0 aliphatic heterocycles. The van der Waals surface area contributed by atoms with Crippen molar-refractivity contribution < 1.29 is 4.39 Å². The molecule has 1 N–H and O–H groups in total. The van der Waals surface area contributed by atoms with Crippen LogP contribution in [0.4, 0.5) is 10.2 Å². The van der Waals surface area contributed by atoms with E-state index >= 15 is 0 Å². The molecule has 0 bridgehead atoms. The molecule has 3 rings (SSSR count). The van der Waals surface area contributed by atoms with E-state index in [1.165, 1.54) is 17.7 Å². The third-order valence-electron chi connectivity index (χ3n) is 5.02. The van der Waals surface area contributed by atoms with E-state index in [0.29, 0.717) is 17.0 Å². The Kier molecular flexibility index (Phi) is 10.1. The van der Waals surface area contributed by atoms with Crippen molar-refractivity contribution in [2.45, 2.75) is 41.0 Å². The molecule has 0 spiro atoms. The third kappa shape index (κ3) is 7.44. The topological polar surface area (TPSA) is 41.0 Å². The summed E-state index contributed by atoms with van der Waals surface area (Å²) in [5, 5.41) is 4.09. The van der Waals surface area contributed by atoms with Gasteiger partial charge in [-0.2, -0.15) is 0 Å². The number of aromatic nitrogens is 2. The summed E-state index contributed by atoms with van der Waals surface area (Å²) in [7, 11) is 0. The minimum atomic E-state index is -0.282. The fourth-order valence-electron chi connectivity index (χ4n) is 3.23. The van der Waals surface area contributed by atoms with Gasteiger partial charge in [0.25, 0.3) is 0 Å². The lowest BCUT2D eigenvalue weighted by molar-refractivity contribution is 0.303. The Hall–Kier alpha value is -2.79. The first kappa shape index (κ1) is 24.5. The number of aryl methyl sites for hydroxylation is 1. The zero-order valence-electron chi connectivity index (χ0n) is 19.5. The van der Waals surface area contributed by atoms with Gasteiger partial charge in [0.15, 0.2) is 5.82 Å². The van der Waals surface area contributed by atoms with E-state index in [1.807, 2.05) is 26.0 Å². The molecule has 0 saturated carbocycles. The summed E-state index contributed by atoms with van der Waals surface area (Å²) in [5.41, 5.74) is 3.05. The zero-order valence-corrected chi connectivity index (χ0v) is 19.5. The van der Waals surface area contributed by atoms with Gasteiger partial charge < -0.3 is 10.2 Å². The highest BCUT2D eigenvalue weighted by Gasteiger charge is 2.08. The number of halogens is 1. The molecule has 166 valence electrons. The van der Waals surface area contributed by atoms with E-state index in [2.05, 4.69) is 65.2 Å². The Balaban J connectivity index is 0.00000166. The Morgan fingerprint density at radius 1 is 0.968 bits per heavy atom. The van der Waals surface area contributed by atoms with Crippen LogP contribution >= 0.6 is 0 Å². The second-order valence-electron chi connectivity index (χ2n) is 7.14. The van der Waals surface area contributed by atoms with E-state index in [4.69, 9.17) is 0 Å². The van der Waals surface area contributed by atoms with Crippen LogP contribution in [0, 0.1) is 12.7 Å². The molecule has 3 aromatic rings. The lowest BCUT2D eigenvalue weighted by Crippen LogP contribution is -2.25. The smallest absolute Gasteiger partial charge is 0.154 e. The van der Waals surface area contributed by atoms with Gasteiger partial charge in [-0.3, -0.25) is 0 Å². The highest BCUT2D eigenvalue weighted by atomic mass is 19.1. The van der Waals surface area contributed by atoms with Crippen molar-refractivity contribution in [2.75, 3.05) is 31.5 Å². The summed E-state index contributed by atoms with van der Waals surface area (Å²) >= 11 is 0. The van der Waals surface area contributed by atoms with Crippen molar-refractivity contribution in [1.82, 2.24) is 14.9 Å². The first-order chi connectivity index (χ1) is 15.1. The van der Waals surface area contributed by atoms with Gasteiger partial charge in [0, 0.05) is 11.9 Å². The van der Waals surface area contributed by atoms with Crippen molar-refractivity contribution in [2.24, 2.45) is 0 Å². The number of anilines is 1. The van der Waals surface area contributed by atoms with Gasteiger partial charge >= 0.3 is 0 Å². The first-order valence-electron chi connectivity index (χ1n) is 11.3. The molecular formula is C26H35FN4. The molecular weight excluding hydrogens is 387 g/mol. The fourth-order valence-corrected chi connectivity index (χ4v) is 3.23. The van der Waals surface area contributed by atoms with E-state index in [-0.39, 0.29) is 5.82 Å². The van der Waals surface area contributed by atoms with Crippen molar-refractivity contribution in [3.05, 3.63) is 65.2 Å². The van der Waals surface area contributed by atoms with E-state index in [9.17, 15) is 4.39 Å². The minimum Gasteiger partial charge on any atom is -0.369 e. The molecule has 0 aliphatic carbocycles. The number of nitrogens with zero attached hydrogens (tertiary/aromatic N) is 3. The van der Waals surface area contributed by atoms with Gasteiger partial charge in [0.2, 0.25) is 0 Å². The van der Waals surface area contributed by atoms with Crippen LogP contribution in [0.25, 0.3) is 23.1 Å². The maximum absolute atomic E-state index is 13.8. The summed E-state index contributed by atoms with van der Waals surface area (Å²) < 4.78 is 13.8. The van der Waals surface area contributed by atoms with Crippen LogP contribution in [-0.4, -0.2) is 41.0 Å². The van der Waals surface area contributed by atoms with Crippen molar-refractivity contribution >= 4 is 28.9 Å². The first-order valence-corrected chi connectivity index (χ1v) is 11.3. The molecule has 31 heavy (non-hydrogen) atoms. The van der Waals surface area contributed by atoms with Gasteiger partial charge in [-0.1, -0.05) is 63.6 Å². The normalized spacial score (nSPS) is 11.1. The Labute approximate surface area is 186 Å². The molecule has 0 fully saturated rings. The number of fused-ring (bicyclic) bond motifs is 1. The van der Waals surface area contributed by atoms with Crippen LogP contribution in [-0.2, 0) is 0 Å². The Morgan fingerprint density at radius 2 is 1.68 bits per heavy atom. The van der Waals surface area contributed by atoms with E-state index < -0.39 is 0 Å². The zero-order chi connectivity index (χ0) is 22.6. The SMILES string of the molecule is CC.CCN(CC)CCCNc1nc(/C=C/c2ccc(C)cc2)nc2ccc(F)cc12. The van der Waals surface area contributed by atoms with Crippen LogP contribution < -0.4 is 5.32 Å². The molecule has 1 aromatic heterocycles. The summed E-state index contributed by atoms with van der Waals surface area (Å²) in [6, 6.07) is 12.9. The third-order valence-corrected chi connectivity index (χ3v) is 5.02. The molecule has 0 saturated heterocycles. The van der Waals surface area contributed by atoms with Crippen molar-refractivity contribution in [3.8, 4) is 0 Å². The molecule has 4 nitrogen and oxygen atoms in total. The maximum atomic E-state index is 13.8. The Bertz CT molecular complexity index is 963. The maximum Gasteiger partial charge on any atom is 0.154 e. The quantitative estimate of drug-likeness (QED) is 0.404. The van der Waals surface area contributed by atoms with Gasteiger partial charge in [0.1, 0.15) is 11.6 Å². The number of hydrogen-bond donors (Lipinski definition) is 1. The van der Waals surface area contributed by atoms with Crippen molar-refractivity contribution in [1.29, 1.82) is 0 Å². The highest BCUT2D eigenvalue weighted by molar-refractivity contribution is 5.90. The average molecular weight is 423 g/mol. The highest BCUT2D eigenvalue weighted by Crippen LogP contribution is 2.22. The summed E-state index contributed by atoms with van der Waals surface area (Å²) in [4.78, 5) is 11.6. The summed E-state index contributed by atoms with van der Waals surface area (Å²) in [6.07, 6.45) is 4.89. The van der Waals surface area contributed by atoms with Gasteiger partial charge in [-0.15, -0.1) is 0 Å². The molecule has 0 amide bonds. The number of rotatable bonds is 9. The molecule has 1 heterocycles. The van der Waals surface area contributed by atoms with Gasteiger partial charge in [0.05, 0.1) is 5.52 Å². The molecule has 0 aliphatic rings. The monoisotopic (exact) mass is 422 g/mol.